The van der Waals surface area contributed by atoms with Crippen molar-refractivity contribution in [2.45, 2.75) is 38.3 Å². The van der Waals surface area contributed by atoms with Crippen LogP contribution >= 0.6 is 0 Å². The van der Waals surface area contributed by atoms with Crippen molar-refractivity contribution in [1.82, 2.24) is 10.2 Å². The van der Waals surface area contributed by atoms with E-state index in [0.717, 1.165) is 24.0 Å². The van der Waals surface area contributed by atoms with Crippen molar-refractivity contribution in [2.75, 3.05) is 13.7 Å². The monoisotopic (exact) mass is 384 g/mol. The van der Waals surface area contributed by atoms with E-state index in [1.165, 1.54) is 19.1 Å². The SMILES string of the molecule is COc1ccc([C@H](CC(=O)N2CCC[C@@H]2c2ccc(F)cc2)NC(C)=O)cc1. The summed E-state index contributed by atoms with van der Waals surface area (Å²) in [6.07, 6.45) is 1.93. The van der Waals surface area contributed by atoms with E-state index in [2.05, 4.69) is 5.32 Å². The van der Waals surface area contributed by atoms with Crippen LogP contribution in [0.15, 0.2) is 48.5 Å². The number of benzene rings is 2. The molecule has 0 saturated carbocycles. The second-order valence-electron chi connectivity index (χ2n) is 7.03. The number of methoxy groups -OCH3 is 1. The lowest BCUT2D eigenvalue weighted by atomic mass is 10.0. The van der Waals surface area contributed by atoms with Gasteiger partial charge in [-0.3, -0.25) is 9.59 Å². The van der Waals surface area contributed by atoms with E-state index in [1.807, 2.05) is 29.2 Å². The minimum atomic E-state index is -0.412. The summed E-state index contributed by atoms with van der Waals surface area (Å²) in [5.41, 5.74) is 1.79. The Morgan fingerprint density at radius 2 is 1.86 bits per heavy atom. The summed E-state index contributed by atoms with van der Waals surface area (Å²) < 4.78 is 18.4. The van der Waals surface area contributed by atoms with E-state index in [0.29, 0.717) is 12.3 Å². The van der Waals surface area contributed by atoms with Crippen LogP contribution in [-0.4, -0.2) is 30.4 Å². The summed E-state index contributed by atoms with van der Waals surface area (Å²) in [6, 6.07) is 13.2. The first-order valence-electron chi connectivity index (χ1n) is 9.44. The van der Waals surface area contributed by atoms with Crippen molar-refractivity contribution in [3.05, 3.63) is 65.5 Å². The molecule has 1 saturated heterocycles. The van der Waals surface area contributed by atoms with Gasteiger partial charge in [-0.25, -0.2) is 4.39 Å². The fourth-order valence-electron chi connectivity index (χ4n) is 3.72. The predicted molar refractivity (Wildman–Crippen MR) is 104 cm³/mol. The molecule has 1 aliphatic rings. The van der Waals surface area contributed by atoms with Gasteiger partial charge in [-0.2, -0.15) is 0 Å². The molecule has 1 N–H and O–H groups in total. The molecular weight excluding hydrogens is 359 g/mol. The molecule has 2 amide bonds. The number of rotatable bonds is 6. The van der Waals surface area contributed by atoms with Gasteiger partial charge in [0, 0.05) is 13.5 Å². The quantitative estimate of drug-likeness (QED) is 0.825. The highest BCUT2D eigenvalue weighted by Crippen LogP contribution is 2.33. The van der Waals surface area contributed by atoms with Crippen molar-refractivity contribution < 1.29 is 18.7 Å². The van der Waals surface area contributed by atoms with Crippen LogP contribution in [-0.2, 0) is 9.59 Å². The number of amides is 2. The van der Waals surface area contributed by atoms with Gasteiger partial charge in [0.05, 0.1) is 25.6 Å². The van der Waals surface area contributed by atoms with Gasteiger partial charge in [0.15, 0.2) is 0 Å². The third kappa shape index (κ3) is 4.68. The van der Waals surface area contributed by atoms with Gasteiger partial charge in [-0.15, -0.1) is 0 Å². The van der Waals surface area contributed by atoms with E-state index in [1.54, 1.807) is 19.2 Å². The van der Waals surface area contributed by atoms with Crippen LogP contribution in [0.4, 0.5) is 4.39 Å². The summed E-state index contributed by atoms with van der Waals surface area (Å²) in [7, 11) is 1.59. The van der Waals surface area contributed by atoms with E-state index in [-0.39, 0.29) is 30.1 Å². The number of likely N-dealkylation sites (tertiary alicyclic amines) is 1. The Bertz CT molecular complexity index is 821. The average molecular weight is 384 g/mol. The van der Waals surface area contributed by atoms with Crippen LogP contribution in [0.2, 0.25) is 0 Å². The third-order valence-corrected chi connectivity index (χ3v) is 5.10. The van der Waals surface area contributed by atoms with Gasteiger partial charge in [-0.05, 0) is 48.2 Å². The van der Waals surface area contributed by atoms with Gasteiger partial charge >= 0.3 is 0 Å². The van der Waals surface area contributed by atoms with Crippen LogP contribution in [0.5, 0.6) is 5.75 Å². The van der Waals surface area contributed by atoms with Crippen molar-refractivity contribution in [2.24, 2.45) is 0 Å². The highest BCUT2D eigenvalue weighted by atomic mass is 19.1. The average Bonchev–Trinajstić information content (AvgIpc) is 3.18. The molecule has 1 heterocycles. The van der Waals surface area contributed by atoms with Crippen LogP contribution in [0.25, 0.3) is 0 Å². The normalized spacial score (nSPS) is 17.2. The number of carbonyl (C=O) groups excluding carboxylic acids is 2. The molecule has 2 aromatic rings. The molecule has 5 nitrogen and oxygen atoms in total. The second-order valence-corrected chi connectivity index (χ2v) is 7.03. The number of hydrogen-bond donors (Lipinski definition) is 1. The highest BCUT2D eigenvalue weighted by molar-refractivity contribution is 5.80. The molecule has 0 radical (unpaired) electrons. The molecule has 3 rings (SSSR count). The van der Waals surface area contributed by atoms with E-state index in [9.17, 15) is 14.0 Å². The second kappa shape index (κ2) is 8.87. The van der Waals surface area contributed by atoms with Crippen LogP contribution < -0.4 is 10.1 Å². The minimum Gasteiger partial charge on any atom is -0.497 e. The largest absolute Gasteiger partial charge is 0.497 e. The number of ether oxygens (including phenoxy) is 1. The molecule has 1 fully saturated rings. The third-order valence-electron chi connectivity index (χ3n) is 5.10. The number of carbonyl (C=O) groups is 2. The molecule has 6 heteroatoms. The molecule has 0 unspecified atom stereocenters. The smallest absolute Gasteiger partial charge is 0.225 e. The lowest BCUT2D eigenvalue weighted by molar-refractivity contribution is -0.133. The maximum Gasteiger partial charge on any atom is 0.225 e. The van der Waals surface area contributed by atoms with Crippen LogP contribution in [0.1, 0.15) is 49.4 Å². The zero-order valence-corrected chi connectivity index (χ0v) is 16.2. The molecule has 0 aliphatic carbocycles. The molecular formula is C22H25FN2O3. The lowest BCUT2D eigenvalue weighted by Gasteiger charge is -2.27. The zero-order valence-electron chi connectivity index (χ0n) is 16.2. The van der Waals surface area contributed by atoms with Crippen molar-refractivity contribution in [3.63, 3.8) is 0 Å². The molecule has 0 bridgehead atoms. The Labute approximate surface area is 164 Å². The topological polar surface area (TPSA) is 58.6 Å². The fraction of sp³-hybridized carbons (Fsp3) is 0.364. The summed E-state index contributed by atoms with van der Waals surface area (Å²) in [4.78, 5) is 26.6. The molecule has 0 aromatic heterocycles. The molecule has 2 atom stereocenters. The number of nitrogens with zero attached hydrogens (tertiary/aromatic N) is 1. The Morgan fingerprint density at radius 1 is 1.18 bits per heavy atom. The number of halogens is 1. The van der Waals surface area contributed by atoms with Gasteiger partial charge in [0.1, 0.15) is 11.6 Å². The summed E-state index contributed by atoms with van der Waals surface area (Å²) in [6.45, 7) is 2.11. The molecule has 1 aliphatic heterocycles. The Morgan fingerprint density at radius 3 is 2.46 bits per heavy atom. The van der Waals surface area contributed by atoms with E-state index < -0.39 is 6.04 Å². The van der Waals surface area contributed by atoms with Gasteiger partial charge in [-0.1, -0.05) is 24.3 Å². The highest BCUT2D eigenvalue weighted by Gasteiger charge is 2.31. The minimum absolute atomic E-state index is 0.0265. The maximum atomic E-state index is 13.2. The zero-order chi connectivity index (χ0) is 20.1. The molecule has 148 valence electrons. The lowest BCUT2D eigenvalue weighted by Crippen LogP contribution is -2.35. The molecule has 28 heavy (non-hydrogen) atoms. The van der Waals surface area contributed by atoms with E-state index in [4.69, 9.17) is 4.74 Å². The standard InChI is InChI=1S/C22H25FN2O3/c1-15(26)24-20(16-7-11-19(28-2)12-8-16)14-22(27)25-13-3-4-21(25)17-5-9-18(23)10-6-17/h5-12,20-21H,3-4,13-14H2,1-2H3,(H,24,26)/t20-,21+/m0/s1. The first-order chi connectivity index (χ1) is 13.5. The van der Waals surface area contributed by atoms with Crippen molar-refractivity contribution >= 4 is 11.8 Å². The predicted octanol–water partition coefficient (Wildman–Crippen LogP) is 3.77. The van der Waals surface area contributed by atoms with Gasteiger partial charge in [0.2, 0.25) is 11.8 Å². The Balaban J connectivity index is 1.76. The first kappa shape index (κ1) is 19.9. The summed E-state index contributed by atoms with van der Waals surface area (Å²) in [5.74, 6) is 0.212. The fourth-order valence-corrected chi connectivity index (χ4v) is 3.72. The van der Waals surface area contributed by atoms with Gasteiger partial charge < -0.3 is 15.0 Å². The Kier molecular flexibility index (Phi) is 6.29. The molecule has 2 aromatic carbocycles. The van der Waals surface area contributed by atoms with Crippen LogP contribution in [0, 0.1) is 5.82 Å². The molecule has 0 spiro atoms. The number of hydrogen-bond acceptors (Lipinski definition) is 3. The number of nitrogens with one attached hydrogen (secondary N) is 1. The van der Waals surface area contributed by atoms with Crippen LogP contribution in [0.3, 0.4) is 0 Å². The summed E-state index contributed by atoms with van der Waals surface area (Å²) in [5, 5.41) is 2.87. The van der Waals surface area contributed by atoms with Gasteiger partial charge in [0.25, 0.3) is 0 Å². The maximum absolute atomic E-state index is 13.2. The van der Waals surface area contributed by atoms with E-state index >= 15 is 0 Å². The van der Waals surface area contributed by atoms with Crippen molar-refractivity contribution in [3.8, 4) is 5.75 Å². The van der Waals surface area contributed by atoms with Crippen molar-refractivity contribution in [1.29, 1.82) is 0 Å². The summed E-state index contributed by atoms with van der Waals surface area (Å²) >= 11 is 0. The Hall–Kier alpha value is -2.89. The first-order valence-corrected chi connectivity index (χ1v) is 9.44.